The van der Waals surface area contributed by atoms with E-state index in [1.165, 1.54) is 11.8 Å². The van der Waals surface area contributed by atoms with Crippen LogP contribution in [0.1, 0.15) is 16.2 Å². The van der Waals surface area contributed by atoms with Crippen molar-refractivity contribution in [1.82, 2.24) is 4.98 Å². The van der Waals surface area contributed by atoms with E-state index in [0.29, 0.717) is 5.03 Å². The van der Waals surface area contributed by atoms with Crippen LogP contribution in [0, 0.1) is 6.92 Å². The first kappa shape index (κ1) is 12.7. The van der Waals surface area contributed by atoms with E-state index < -0.39 is 5.97 Å². The summed E-state index contributed by atoms with van der Waals surface area (Å²) >= 11 is 1.41. The van der Waals surface area contributed by atoms with Gasteiger partial charge in [-0.1, -0.05) is 36.0 Å². The predicted octanol–water partition coefficient (Wildman–Crippen LogP) is 3.99. The van der Waals surface area contributed by atoms with Crippen LogP contribution in [0.2, 0.25) is 0 Å². The van der Waals surface area contributed by atoms with Crippen LogP contribution in [0.5, 0.6) is 0 Å². The van der Waals surface area contributed by atoms with Crippen LogP contribution in [0.3, 0.4) is 0 Å². The summed E-state index contributed by atoms with van der Waals surface area (Å²) < 4.78 is 5.26. The van der Waals surface area contributed by atoms with Gasteiger partial charge >= 0.3 is 5.97 Å². The minimum atomic E-state index is -1.03. The largest absolute Gasteiger partial charge is 0.477 e. The Hall–Kier alpha value is -2.27. The highest BCUT2D eigenvalue weighted by atomic mass is 32.2. The van der Waals surface area contributed by atoms with Crippen LogP contribution < -0.4 is 0 Å². The number of aromatic carboxylic acids is 1. The van der Waals surface area contributed by atoms with Gasteiger partial charge in [-0.2, -0.15) is 0 Å². The molecule has 2 heterocycles. The number of nitrogens with zero attached hydrogens (tertiary/aromatic N) is 1. The summed E-state index contributed by atoms with van der Waals surface area (Å²) in [6, 6.07) is 11.1. The zero-order chi connectivity index (χ0) is 14.1. The van der Waals surface area contributed by atoms with Crippen LogP contribution >= 0.6 is 11.8 Å². The van der Waals surface area contributed by atoms with Crippen LogP contribution in [0.15, 0.2) is 57.0 Å². The van der Waals surface area contributed by atoms with Gasteiger partial charge in [0, 0.05) is 5.39 Å². The summed E-state index contributed by atoms with van der Waals surface area (Å²) in [5, 5.41) is 11.6. The molecule has 0 aliphatic heterocycles. The van der Waals surface area contributed by atoms with Gasteiger partial charge < -0.3 is 9.52 Å². The molecule has 4 nitrogen and oxygen atoms in total. The lowest BCUT2D eigenvalue weighted by molar-refractivity contribution is 0.0690. The molecule has 1 N–H and O–H groups in total. The minimum absolute atomic E-state index is 0.0485. The molecule has 0 fully saturated rings. The number of carboxylic acid groups (broad SMARTS) is 1. The standard InChI is InChI=1S/C15H11NO3S/c1-9-13(6-7-19-9)20-14-11-5-3-2-4-10(11)8-12(16-14)15(17)18/h2-8H,1H3,(H,17,18). The number of benzene rings is 1. The second-order valence-corrected chi connectivity index (χ2v) is 5.31. The molecule has 0 spiro atoms. The first-order valence-electron chi connectivity index (χ1n) is 6.00. The Morgan fingerprint density at radius 2 is 2.10 bits per heavy atom. The third-order valence-corrected chi connectivity index (χ3v) is 4.09. The molecule has 0 bridgehead atoms. The lowest BCUT2D eigenvalue weighted by atomic mass is 10.1. The van der Waals surface area contributed by atoms with Gasteiger partial charge in [0.1, 0.15) is 16.5 Å². The van der Waals surface area contributed by atoms with E-state index in [1.807, 2.05) is 37.3 Å². The molecule has 100 valence electrons. The van der Waals surface area contributed by atoms with E-state index in [1.54, 1.807) is 12.3 Å². The van der Waals surface area contributed by atoms with Crippen molar-refractivity contribution in [3.63, 3.8) is 0 Å². The Balaban J connectivity index is 2.17. The second-order valence-electron chi connectivity index (χ2n) is 4.28. The SMILES string of the molecule is Cc1occc1Sc1nc(C(=O)O)cc2ccccc12. The summed E-state index contributed by atoms with van der Waals surface area (Å²) in [7, 11) is 0. The van der Waals surface area contributed by atoms with Crippen molar-refractivity contribution >= 4 is 28.5 Å². The average Bonchev–Trinajstić information content (AvgIpc) is 2.84. The molecule has 0 unspecified atom stereocenters. The Kier molecular flexibility index (Phi) is 3.20. The van der Waals surface area contributed by atoms with E-state index in [-0.39, 0.29) is 5.69 Å². The number of carboxylic acids is 1. The maximum absolute atomic E-state index is 11.2. The number of rotatable bonds is 3. The fourth-order valence-electron chi connectivity index (χ4n) is 1.94. The Morgan fingerprint density at radius 1 is 1.30 bits per heavy atom. The molecule has 3 rings (SSSR count). The first-order chi connectivity index (χ1) is 9.65. The summed E-state index contributed by atoms with van der Waals surface area (Å²) in [4.78, 5) is 16.3. The van der Waals surface area contributed by atoms with Crippen molar-refractivity contribution < 1.29 is 14.3 Å². The molecule has 0 radical (unpaired) electrons. The fourth-order valence-corrected chi connectivity index (χ4v) is 2.90. The van der Waals surface area contributed by atoms with E-state index in [0.717, 1.165) is 21.4 Å². The van der Waals surface area contributed by atoms with Crippen molar-refractivity contribution in [2.45, 2.75) is 16.8 Å². The van der Waals surface area contributed by atoms with Crippen LogP contribution in [-0.2, 0) is 0 Å². The third-order valence-electron chi connectivity index (χ3n) is 2.94. The van der Waals surface area contributed by atoms with Gasteiger partial charge in [-0.15, -0.1) is 0 Å². The highest BCUT2D eigenvalue weighted by Gasteiger charge is 2.13. The van der Waals surface area contributed by atoms with Crippen LogP contribution in [0.4, 0.5) is 0 Å². The molecule has 0 saturated carbocycles. The van der Waals surface area contributed by atoms with Gasteiger partial charge in [0.15, 0.2) is 0 Å². The van der Waals surface area contributed by atoms with E-state index in [2.05, 4.69) is 4.98 Å². The summed E-state index contributed by atoms with van der Waals surface area (Å²) in [5.74, 6) is -0.233. The Bertz CT molecular complexity index is 795. The molecule has 0 atom stereocenters. The molecular weight excluding hydrogens is 274 g/mol. The Morgan fingerprint density at radius 3 is 2.80 bits per heavy atom. The van der Waals surface area contributed by atoms with Crippen molar-refractivity contribution in [2.75, 3.05) is 0 Å². The van der Waals surface area contributed by atoms with Gasteiger partial charge in [0.2, 0.25) is 0 Å². The van der Waals surface area contributed by atoms with Crippen molar-refractivity contribution in [1.29, 1.82) is 0 Å². The number of fused-ring (bicyclic) bond motifs is 1. The fraction of sp³-hybridized carbons (Fsp3) is 0.0667. The van der Waals surface area contributed by atoms with Gasteiger partial charge in [-0.05, 0) is 24.4 Å². The lowest BCUT2D eigenvalue weighted by Crippen LogP contribution is -2.01. The number of hydrogen-bond acceptors (Lipinski definition) is 4. The highest BCUT2D eigenvalue weighted by Crippen LogP contribution is 2.34. The molecule has 3 aromatic rings. The smallest absolute Gasteiger partial charge is 0.354 e. The molecule has 0 aliphatic rings. The molecule has 0 amide bonds. The molecule has 1 aromatic carbocycles. The van der Waals surface area contributed by atoms with Gasteiger partial charge in [-0.3, -0.25) is 0 Å². The maximum atomic E-state index is 11.2. The molecule has 0 aliphatic carbocycles. The van der Waals surface area contributed by atoms with Gasteiger partial charge in [0.05, 0.1) is 11.2 Å². The number of hydrogen-bond donors (Lipinski definition) is 1. The van der Waals surface area contributed by atoms with Crippen molar-refractivity contribution in [2.24, 2.45) is 0 Å². The number of aromatic nitrogens is 1. The highest BCUT2D eigenvalue weighted by molar-refractivity contribution is 7.99. The maximum Gasteiger partial charge on any atom is 0.354 e. The Labute approximate surface area is 119 Å². The summed E-state index contributed by atoms with van der Waals surface area (Å²) in [5.41, 5.74) is 0.0485. The molecular formula is C15H11NO3S. The molecule has 20 heavy (non-hydrogen) atoms. The zero-order valence-corrected chi connectivity index (χ0v) is 11.5. The number of carbonyl (C=O) groups is 1. The molecule has 0 saturated heterocycles. The predicted molar refractivity (Wildman–Crippen MR) is 76.3 cm³/mol. The number of furan rings is 1. The summed E-state index contributed by atoms with van der Waals surface area (Å²) in [6.45, 7) is 1.87. The molecule has 2 aromatic heterocycles. The number of aryl methyl sites for hydroxylation is 1. The van der Waals surface area contributed by atoms with Crippen molar-refractivity contribution in [3.8, 4) is 0 Å². The zero-order valence-electron chi connectivity index (χ0n) is 10.7. The third kappa shape index (κ3) is 2.28. The summed E-state index contributed by atoms with van der Waals surface area (Å²) in [6.07, 6.45) is 1.61. The monoisotopic (exact) mass is 285 g/mol. The van der Waals surface area contributed by atoms with Gasteiger partial charge in [-0.25, -0.2) is 9.78 Å². The second kappa shape index (κ2) is 5.02. The minimum Gasteiger partial charge on any atom is -0.477 e. The number of pyridine rings is 1. The van der Waals surface area contributed by atoms with Crippen LogP contribution in [0.25, 0.3) is 10.8 Å². The topological polar surface area (TPSA) is 63.3 Å². The normalized spacial score (nSPS) is 10.8. The lowest BCUT2D eigenvalue weighted by Gasteiger charge is -2.06. The quantitative estimate of drug-likeness (QED) is 0.788. The van der Waals surface area contributed by atoms with E-state index in [4.69, 9.17) is 9.52 Å². The first-order valence-corrected chi connectivity index (χ1v) is 6.82. The van der Waals surface area contributed by atoms with E-state index >= 15 is 0 Å². The molecule has 5 heteroatoms. The average molecular weight is 285 g/mol. The van der Waals surface area contributed by atoms with Crippen LogP contribution in [-0.4, -0.2) is 16.1 Å². The van der Waals surface area contributed by atoms with Crippen molar-refractivity contribution in [3.05, 3.63) is 54.1 Å². The van der Waals surface area contributed by atoms with E-state index in [9.17, 15) is 4.79 Å². The van der Waals surface area contributed by atoms with Gasteiger partial charge in [0.25, 0.3) is 0 Å².